The third-order valence-electron chi connectivity index (χ3n) is 3.23. The van der Waals surface area contributed by atoms with Gasteiger partial charge in [0.15, 0.2) is 0 Å². The summed E-state index contributed by atoms with van der Waals surface area (Å²) in [5.74, 6) is 0. The van der Waals surface area contributed by atoms with Crippen LogP contribution in [0, 0.1) is 0 Å². The molecule has 100 valence electrons. The van der Waals surface area contributed by atoms with E-state index in [4.69, 9.17) is 0 Å². The number of piperidine rings is 1. The maximum atomic E-state index is 12.4. The molecule has 2 rings (SSSR count). The molecule has 0 unspecified atom stereocenters. The van der Waals surface area contributed by atoms with Gasteiger partial charge < -0.3 is 5.11 Å². The molecule has 1 saturated heterocycles. The second kappa shape index (κ2) is 4.92. The molecule has 1 aromatic carbocycles. The highest BCUT2D eigenvalue weighted by Crippen LogP contribution is 2.27. The molecule has 1 aromatic rings. The third kappa shape index (κ3) is 2.93. The van der Waals surface area contributed by atoms with Crippen molar-refractivity contribution >= 4 is 26.0 Å². The highest BCUT2D eigenvalue weighted by molar-refractivity contribution is 9.10. The molecule has 0 amide bonds. The van der Waals surface area contributed by atoms with Crippen LogP contribution >= 0.6 is 15.9 Å². The highest BCUT2D eigenvalue weighted by atomic mass is 79.9. The van der Waals surface area contributed by atoms with E-state index in [1.807, 2.05) is 0 Å². The fourth-order valence-corrected chi connectivity index (χ4v) is 4.02. The normalized spacial score (nSPS) is 20.8. The number of benzene rings is 1. The molecule has 18 heavy (non-hydrogen) atoms. The summed E-state index contributed by atoms with van der Waals surface area (Å²) in [7, 11) is -3.44. The minimum Gasteiger partial charge on any atom is -0.390 e. The van der Waals surface area contributed by atoms with Gasteiger partial charge >= 0.3 is 0 Å². The Bertz CT molecular complexity index is 532. The van der Waals surface area contributed by atoms with Crippen molar-refractivity contribution in [2.45, 2.75) is 30.3 Å². The van der Waals surface area contributed by atoms with E-state index < -0.39 is 15.6 Å². The van der Waals surface area contributed by atoms with Gasteiger partial charge in [-0.1, -0.05) is 22.0 Å². The van der Waals surface area contributed by atoms with Crippen molar-refractivity contribution in [3.63, 3.8) is 0 Å². The molecule has 0 radical (unpaired) electrons. The maximum absolute atomic E-state index is 12.4. The Morgan fingerprint density at radius 2 is 1.94 bits per heavy atom. The SMILES string of the molecule is CC1(O)CCN(S(=O)(=O)c2cccc(Br)c2)CC1. The summed E-state index contributed by atoms with van der Waals surface area (Å²) in [4.78, 5) is 0.290. The summed E-state index contributed by atoms with van der Waals surface area (Å²) in [6, 6.07) is 6.69. The minimum atomic E-state index is -3.44. The lowest BCUT2D eigenvalue weighted by molar-refractivity contribution is 0.0126. The molecule has 0 saturated carbocycles. The first-order valence-corrected chi connectivity index (χ1v) is 8.03. The van der Waals surface area contributed by atoms with E-state index in [0.717, 1.165) is 4.47 Å². The van der Waals surface area contributed by atoms with Crippen molar-refractivity contribution in [2.24, 2.45) is 0 Å². The molecular formula is C12H16BrNO3S. The van der Waals surface area contributed by atoms with Crippen LogP contribution in [0.5, 0.6) is 0 Å². The molecule has 0 spiro atoms. The fraction of sp³-hybridized carbons (Fsp3) is 0.500. The molecule has 0 aromatic heterocycles. The van der Waals surface area contributed by atoms with Gasteiger partial charge in [-0.25, -0.2) is 8.42 Å². The Labute approximate surface area is 116 Å². The highest BCUT2D eigenvalue weighted by Gasteiger charge is 2.33. The first-order chi connectivity index (χ1) is 8.31. The zero-order valence-electron chi connectivity index (χ0n) is 10.1. The van der Waals surface area contributed by atoms with E-state index in [1.165, 1.54) is 4.31 Å². The van der Waals surface area contributed by atoms with E-state index in [1.54, 1.807) is 31.2 Å². The molecule has 1 heterocycles. The molecule has 4 nitrogen and oxygen atoms in total. The molecular weight excluding hydrogens is 318 g/mol. The number of rotatable bonds is 2. The monoisotopic (exact) mass is 333 g/mol. The van der Waals surface area contributed by atoms with E-state index in [2.05, 4.69) is 15.9 Å². The van der Waals surface area contributed by atoms with Crippen molar-refractivity contribution in [3.8, 4) is 0 Å². The average Bonchev–Trinajstić information content (AvgIpc) is 2.28. The van der Waals surface area contributed by atoms with Crippen molar-refractivity contribution in [3.05, 3.63) is 28.7 Å². The summed E-state index contributed by atoms with van der Waals surface area (Å²) in [6.07, 6.45) is 0.945. The first kappa shape index (κ1) is 14.0. The van der Waals surface area contributed by atoms with Gasteiger partial charge in [0.05, 0.1) is 10.5 Å². The van der Waals surface area contributed by atoms with Crippen LogP contribution in [0.25, 0.3) is 0 Å². The number of hydrogen-bond donors (Lipinski definition) is 1. The molecule has 1 N–H and O–H groups in total. The Kier molecular flexibility index (Phi) is 3.82. The number of hydrogen-bond acceptors (Lipinski definition) is 3. The van der Waals surface area contributed by atoms with Crippen LogP contribution in [0.2, 0.25) is 0 Å². The minimum absolute atomic E-state index is 0.290. The van der Waals surface area contributed by atoms with Crippen molar-refractivity contribution in [2.75, 3.05) is 13.1 Å². The van der Waals surface area contributed by atoms with Crippen LogP contribution in [0.3, 0.4) is 0 Å². The van der Waals surface area contributed by atoms with Crippen molar-refractivity contribution < 1.29 is 13.5 Å². The van der Waals surface area contributed by atoms with Gasteiger partial charge in [0, 0.05) is 17.6 Å². The lowest BCUT2D eigenvalue weighted by Gasteiger charge is -2.34. The van der Waals surface area contributed by atoms with Gasteiger partial charge in [-0.3, -0.25) is 0 Å². The van der Waals surface area contributed by atoms with Crippen molar-refractivity contribution in [1.82, 2.24) is 4.31 Å². The number of nitrogens with zero attached hydrogens (tertiary/aromatic N) is 1. The Morgan fingerprint density at radius 1 is 1.33 bits per heavy atom. The zero-order valence-corrected chi connectivity index (χ0v) is 12.5. The van der Waals surface area contributed by atoms with Crippen molar-refractivity contribution in [1.29, 1.82) is 0 Å². The second-order valence-corrected chi connectivity index (χ2v) is 7.71. The smallest absolute Gasteiger partial charge is 0.243 e. The van der Waals surface area contributed by atoms with E-state index in [0.29, 0.717) is 30.8 Å². The summed E-state index contributed by atoms with van der Waals surface area (Å²) in [5.41, 5.74) is -0.747. The largest absolute Gasteiger partial charge is 0.390 e. The van der Waals surface area contributed by atoms with E-state index in [-0.39, 0.29) is 0 Å². The Balaban J connectivity index is 2.23. The maximum Gasteiger partial charge on any atom is 0.243 e. The number of sulfonamides is 1. The van der Waals surface area contributed by atoms with Gasteiger partial charge in [-0.15, -0.1) is 0 Å². The predicted octanol–water partition coefficient (Wildman–Crippen LogP) is 1.98. The van der Waals surface area contributed by atoms with Gasteiger partial charge in [-0.05, 0) is 38.0 Å². The van der Waals surface area contributed by atoms with Crippen LogP contribution in [0.15, 0.2) is 33.6 Å². The van der Waals surface area contributed by atoms with E-state index in [9.17, 15) is 13.5 Å². The lowest BCUT2D eigenvalue weighted by Crippen LogP contribution is -2.45. The van der Waals surface area contributed by atoms with Gasteiger partial charge in [-0.2, -0.15) is 4.31 Å². The topological polar surface area (TPSA) is 57.6 Å². The van der Waals surface area contributed by atoms with Gasteiger partial charge in [0.2, 0.25) is 10.0 Å². The molecule has 1 aliphatic heterocycles. The summed E-state index contributed by atoms with van der Waals surface area (Å²) in [5, 5.41) is 9.84. The first-order valence-electron chi connectivity index (χ1n) is 5.79. The fourth-order valence-electron chi connectivity index (χ4n) is 1.98. The van der Waals surface area contributed by atoms with E-state index >= 15 is 0 Å². The van der Waals surface area contributed by atoms with Crippen LogP contribution in [0.1, 0.15) is 19.8 Å². The summed E-state index contributed by atoms with van der Waals surface area (Å²) in [6.45, 7) is 2.47. The average molecular weight is 334 g/mol. The molecule has 1 aliphatic rings. The van der Waals surface area contributed by atoms with Crippen LogP contribution in [-0.2, 0) is 10.0 Å². The summed E-state index contributed by atoms with van der Waals surface area (Å²) >= 11 is 3.27. The predicted molar refractivity (Wildman–Crippen MR) is 72.8 cm³/mol. The molecule has 0 bridgehead atoms. The second-order valence-electron chi connectivity index (χ2n) is 4.86. The Hall–Kier alpha value is -0.430. The number of halogens is 1. The molecule has 1 fully saturated rings. The van der Waals surface area contributed by atoms with Crippen LogP contribution < -0.4 is 0 Å². The Morgan fingerprint density at radius 3 is 2.50 bits per heavy atom. The quantitative estimate of drug-likeness (QED) is 0.900. The third-order valence-corrected chi connectivity index (χ3v) is 5.62. The molecule has 0 atom stereocenters. The van der Waals surface area contributed by atoms with Crippen LogP contribution in [0.4, 0.5) is 0 Å². The number of aliphatic hydroxyl groups is 1. The molecule has 0 aliphatic carbocycles. The standard InChI is InChI=1S/C12H16BrNO3S/c1-12(15)5-7-14(8-6-12)18(16,17)11-4-2-3-10(13)9-11/h2-4,9,15H,5-8H2,1H3. The summed E-state index contributed by atoms with van der Waals surface area (Å²) < 4.78 is 26.9. The lowest BCUT2D eigenvalue weighted by atomic mass is 9.95. The van der Waals surface area contributed by atoms with Gasteiger partial charge in [0.25, 0.3) is 0 Å². The molecule has 6 heteroatoms. The zero-order chi connectivity index (χ0) is 13.4. The van der Waals surface area contributed by atoms with Gasteiger partial charge in [0.1, 0.15) is 0 Å². The van der Waals surface area contributed by atoms with Crippen LogP contribution in [-0.4, -0.2) is 36.5 Å².